The molecule has 0 aliphatic carbocycles. The summed E-state index contributed by atoms with van der Waals surface area (Å²) in [4.78, 5) is 13.7. The minimum atomic E-state index is -0.187. The summed E-state index contributed by atoms with van der Waals surface area (Å²) in [5, 5.41) is 16.5. The van der Waals surface area contributed by atoms with E-state index in [4.69, 9.17) is 9.47 Å². The van der Waals surface area contributed by atoms with Gasteiger partial charge >= 0.3 is 0 Å². The zero-order chi connectivity index (χ0) is 18.8. The Morgan fingerprint density at radius 3 is 3.11 bits per heavy atom. The Bertz CT molecular complexity index is 968. The third kappa shape index (κ3) is 3.56. The summed E-state index contributed by atoms with van der Waals surface area (Å²) in [6.07, 6.45) is 0.997. The number of aromatic nitrogens is 4. The van der Waals surface area contributed by atoms with Crippen molar-refractivity contribution in [3.8, 4) is 11.4 Å². The van der Waals surface area contributed by atoms with Gasteiger partial charge in [0, 0.05) is 10.6 Å². The highest BCUT2D eigenvalue weighted by molar-refractivity contribution is 7.10. The molecular weight excluding hydrogens is 366 g/mol. The lowest BCUT2D eigenvalue weighted by molar-refractivity contribution is -0.119. The first-order valence-corrected chi connectivity index (χ1v) is 9.45. The predicted octanol–water partition coefficient (Wildman–Crippen LogP) is 2.68. The number of fused-ring (bicyclic) bond motifs is 1. The SMILES string of the molecule is COc1ccc(NC(=O)CC2OCCc3ccsc32)cc1-n1nnnc1C. The van der Waals surface area contributed by atoms with Crippen LogP contribution in [-0.2, 0) is 16.0 Å². The molecule has 1 aliphatic heterocycles. The Labute approximate surface area is 160 Å². The molecule has 8 nitrogen and oxygen atoms in total. The molecule has 0 radical (unpaired) electrons. The average molecular weight is 385 g/mol. The normalized spacial score (nSPS) is 16.0. The van der Waals surface area contributed by atoms with Crippen molar-refractivity contribution in [3.05, 3.63) is 45.9 Å². The van der Waals surface area contributed by atoms with Crippen LogP contribution in [0.1, 0.15) is 28.8 Å². The van der Waals surface area contributed by atoms with Crippen molar-refractivity contribution in [2.24, 2.45) is 0 Å². The first-order valence-electron chi connectivity index (χ1n) is 8.57. The standard InChI is InChI=1S/C18H19N5O3S/c1-11-20-21-22-23(11)14-9-13(3-4-15(14)25-2)19-17(24)10-16-18-12(5-7-26-16)6-8-27-18/h3-4,6,8-9,16H,5,7,10H2,1-2H3,(H,19,24). The van der Waals surface area contributed by atoms with Gasteiger partial charge in [-0.25, -0.2) is 0 Å². The van der Waals surface area contributed by atoms with Crippen LogP contribution in [0.4, 0.5) is 5.69 Å². The van der Waals surface area contributed by atoms with Gasteiger partial charge < -0.3 is 14.8 Å². The lowest BCUT2D eigenvalue weighted by Gasteiger charge is -2.22. The smallest absolute Gasteiger partial charge is 0.227 e. The summed E-state index contributed by atoms with van der Waals surface area (Å²) in [7, 11) is 1.58. The number of benzene rings is 1. The van der Waals surface area contributed by atoms with E-state index in [2.05, 4.69) is 32.3 Å². The van der Waals surface area contributed by atoms with E-state index in [0.29, 0.717) is 29.6 Å². The summed E-state index contributed by atoms with van der Waals surface area (Å²) in [5.41, 5.74) is 2.59. The molecule has 2 aromatic heterocycles. The predicted molar refractivity (Wildman–Crippen MR) is 100 cm³/mol. The molecule has 1 aliphatic rings. The van der Waals surface area contributed by atoms with E-state index in [1.54, 1.807) is 48.3 Å². The van der Waals surface area contributed by atoms with Crippen LogP contribution in [0, 0.1) is 6.92 Å². The van der Waals surface area contributed by atoms with Crippen molar-refractivity contribution in [1.29, 1.82) is 0 Å². The molecular formula is C18H19N5O3S. The molecule has 0 spiro atoms. The Morgan fingerprint density at radius 2 is 2.33 bits per heavy atom. The van der Waals surface area contributed by atoms with Gasteiger partial charge in [0.25, 0.3) is 0 Å². The summed E-state index contributed by atoms with van der Waals surface area (Å²) >= 11 is 1.64. The van der Waals surface area contributed by atoms with E-state index in [9.17, 15) is 4.79 Å². The number of amides is 1. The van der Waals surface area contributed by atoms with Crippen molar-refractivity contribution in [3.63, 3.8) is 0 Å². The second-order valence-corrected chi connectivity index (χ2v) is 7.14. The van der Waals surface area contributed by atoms with Gasteiger partial charge in [-0.2, -0.15) is 4.68 Å². The second-order valence-electron chi connectivity index (χ2n) is 6.20. The minimum absolute atomic E-state index is 0.106. The number of nitrogens with one attached hydrogen (secondary N) is 1. The van der Waals surface area contributed by atoms with Crippen molar-refractivity contribution in [1.82, 2.24) is 20.2 Å². The lowest BCUT2D eigenvalue weighted by Crippen LogP contribution is -2.21. The van der Waals surface area contributed by atoms with Crippen LogP contribution in [0.3, 0.4) is 0 Å². The number of thiophene rings is 1. The van der Waals surface area contributed by atoms with Crippen LogP contribution in [-0.4, -0.2) is 39.8 Å². The van der Waals surface area contributed by atoms with Gasteiger partial charge in [-0.3, -0.25) is 4.79 Å². The fourth-order valence-corrected chi connectivity index (χ4v) is 4.15. The highest BCUT2D eigenvalue weighted by Crippen LogP contribution is 2.34. The van der Waals surface area contributed by atoms with E-state index in [1.807, 2.05) is 0 Å². The van der Waals surface area contributed by atoms with E-state index >= 15 is 0 Å². The van der Waals surface area contributed by atoms with Crippen molar-refractivity contribution >= 4 is 22.9 Å². The summed E-state index contributed by atoms with van der Waals surface area (Å²) < 4.78 is 12.8. The average Bonchev–Trinajstić information content (AvgIpc) is 3.31. The first-order chi connectivity index (χ1) is 13.2. The van der Waals surface area contributed by atoms with Crippen molar-refractivity contribution in [2.75, 3.05) is 19.0 Å². The maximum absolute atomic E-state index is 12.6. The number of tetrazole rings is 1. The molecule has 0 saturated carbocycles. The van der Waals surface area contributed by atoms with Gasteiger partial charge in [-0.1, -0.05) is 0 Å². The van der Waals surface area contributed by atoms with E-state index in [1.165, 1.54) is 5.56 Å². The molecule has 140 valence electrons. The van der Waals surface area contributed by atoms with Gasteiger partial charge in [0.05, 0.1) is 20.1 Å². The summed E-state index contributed by atoms with van der Waals surface area (Å²) in [6, 6.07) is 7.47. The number of ether oxygens (including phenoxy) is 2. The van der Waals surface area contributed by atoms with Gasteiger partial charge in [-0.15, -0.1) is 16.4 Å². The third-order valence-electron chi connectivity index (χ3n) is 4.45. The number of anilines is 1. The monoisotopic (exact) mass is 385 g/mol. The number of nitrogens with zero attached hydrogens (tertiary/aromatic N) is 4. The number of carbonyl (C=O) groups is 1. The maximum atomic E-state index is 12.6. The Hall–Kier alpha value is -2.78. The molecule has 3 heterocycles. The van der Waals surface area contributed by atoms with Crippen LogP contribution < -0.4 is 10.1 Å². The third-order valence-corrected chi connectivity index (χ3v) is 5.50. The molecule has 1 unspecified atom stereocenters. The van der Waals surface area contributed by atoms with E-state index in [0.717, 1.165) is 11.3 Å². The highest BCUT2D eigenvalue weighted by atomic mass is 32.1. The lowest BCUT2D eigenvalue weighted by atomic mass is 10.1. The van der Waals surface area contributed by atoms with Crippen LogP contribution >= 0.6 is 11.3 Å². The second kappa shape index (κ2) is 7.45. The zero-order valence-electron chi connectivity index (χ0n) is 15.0. The quantitative estimate of drug-likeness (QED) is 0.726. The molecule has 0 bridgehead atoms. The molecule has 9 heteroatoms. The van der Waals surface area contributed by atoms with Gasteiger partial charge in [-0.05, 0) is 59.0 Å². The Balaban J connectivity index is 1.52. The van der Waals surface area contributed by atoms with Crippen LogP contribution in [0.15, 0.2) is 29.6 Å². The van der Waals surface area contributed by atoms with E-state index < -0.39 is 0 Å². The molecule has 1 amide bonds. The maximum Gasteiger partial charge on any atom is 0.227 e. The molecule has 0 fully saturated rings. The van der Waals surface area contributed by atoms with Crippen molar-refractivity contribution < 1.29 is 14.3 Å². The Kier molecular flexibility index (Phi) is 4.87. The zero-order valence-corrected chi connectivity index (χ0v) is 15.8. The molecule has 1 atom stereocenters. The molecule has 1 N–H and O–H groups in total. The molecule has 3 aromatic rings. The van der Waals surface area contributed by atoms with Gasteiger partial charge in [0.15, 0.2) is 5.82 Å². The molecule has 1 aromatic carbocycles. The fourth-order valence-electron chi connectivity index (χ4n) is 3.14. The topological polar surface area (TPSA) is 91.2 Å². The molecule has 27 heavy (non-hydrogen) atoms. The van der Waals surface area contributed by atoms with Crippen LogP contribution in [0.5, 0.6) is 5.75 Å². The van der Waals surface area contributed by atoms with Crippen LogP contribution in [0.2, 0.25) is 0 Å². The van der Waals surface area contributed by atoms with Crippen molar-refractivity contribution in [2.45, 2.75) is 25.9 Å². The van der Waals surface area contributed by atoms with Gasteiger partial charge in [0.1, 0.15) is 17.5 Å². The number of rotatable bonds is 5. The minimum Gasteiger partial charge on any atom is -0.494 e. The summed E-state index contributed by atoms with van der Waals surface area (Å²) in [5.74, 6) is 1.13. The number of hydrogen-bond donors (Lipinski definition) is 1. The summed E-state index contributed by atoms with van der Waals surface area (Å²) in [6.45, 7) is 2.44. The largest absolute Gasteiger partial charge is 0.494 e. The number of hydrogen-bond acceptors (Lipinski definition) is 7. The molecule has 4 rings (SSSR count). The fraction of sp³-hybridized carbons (Fsp3) is 0.333. The number of aryl methyl sites for hydroxylation is 1. The van der Waals surface area contributed by atoms with Gasteiger partial charge in [0.2, 0.25) is 5.91 Å². The Morgan fingerprint density at radius 1 is 1.44 bits per heavy atom. The van der Waals surface area contributed by atoms with Crippen LogP contribution in [0.25, 0.3) is 5.69 Å². The highest BCUT2D eigenvalue weighted by Gasteiger charge is 2.25. The number of methoxy groups -OCH3 is 1. The van der Waals surface area contributed by atoms with E-state index in [-0.39, 0.29) is 18.4 Å². The molecule has 0 saturated heterocycles. The first kappa shape index (κ1) is 17.6. The number of carbonyl (C=O) groups excluding carboxylic acids is 1.